The Morgan fingerprint density at radius 3 is 1.57 bits per heavy atom. The van der Waals surface area contributed by atoms with Gasteiger partial charge in [-0.05, 0) is 51.6 Å². The summed E-state index contributed by atoms with van der Waals surface area (Å²) in [6.45, 7) is 17.1. The van der Waals surface area contributed by atoms with Gasteiger partial charge in [0.15, 0.2) is 0 Å². The Hall–Kier alpha value is -2.08. The Bertz CT molecular complexity index is 758. The molecule has 3 aromatic carbocycles. The first-order valence-electron chi connectivity index (χ1n) is 11.2. The van der Waals surface area contributed by atoms with E-state index in [0.717, 1.165) is 0 Å². The first-order valence-corrected chi connectivity index (χ1v) is 11.2. The fraction of sp³-hybridized carbons (Fsp3) is 0.429. The second-order valence-electron chi connectivity index (χ2n) is 7.09. The van der Waals surface area contributed by atoms with Crippen LogP contribution in [0.15, 0.2) is 66.7 Å². The van der Waals surface area contributed by atoms with Gasteiger partial charge in [0.1, 0.15) is 0 Å². The van der Waals surface area contributed by atoms with Crippen molar-refractivity contribution in [3.63, 3.8) is 0 Å². The zero-order valence-electron chi connectivity index (χ0n) is 19.3. The number of benzene rings is 3. The highest BCUT2D eigenvalue weighted by Gasteiger charge is 2.27. The lowest BCUT2D eigenvalue weighted by atomic mass is 9.94. The lowest BCUT2D eigenvalue weighted by Crippen LogP contribution is -1.95. The number of hydrogen-bond donors (Lipinski definition) is 0. The topological polar surface area (TPSA) is 0 Å². The zero-order chi connectivity index (χ0) is 21.1. The molecule has 0 nitrogen and oxygen atoms in total. The van der Waals surface area contributed by atoms with E-state index >= 15 is 0 Å². The highest BCUT2D eigenvalue weighted by atomic mass is 14.3. The van der Waals surface area contributed by atoms with Crippen molar-refractivity contribution in [3.8, 4) is 0 Å². The Kier molecular flexibility index (Phi) is 10.6. The molecule has 152 valence electrons. The molecule has 1 aliphatic carbocycles. The van der Waals surface area contributed by atoms with E-state index in [1.807, 2.05) is 27.7 Å². The summed E-state index contributed by atoms with van der Waals surface area (Å²) in [6, 6.07) is 24.0. The summed E-state index contributed by atoms with van der Waals surface area (Å²) in [4.78, 5) is 0. The average molecular weight is 377 g/mol. The molecule has 0 saturated heterocycles. The van der Waals surface area contributed by atoms with Gasteiger partial charge in [0, 0.05) is 0 Å². The van der Waals surface area contributed by atoms with E-state index in [1.54, 1.807) is 0 Å². The Morgan fingerprint density at radius 2 is 1.14 bits per heavy atom. The molecule has 1 aliphatic rings. The molecule has 3 aromatic rings. The molecular weight excluding hydrogens is 336 g/mol. The SMILES string of the molecule is CC.CC.CC1c2cccc3cccc(c23)C1C.CCC(C)c1ccccc1. The summed E-state index contributed by atoms with van der Waals surface area (Å²) in [7, 11) is 0. The first kappa shape index (κ1) is 24.0. The summed E-state index contributed by atoms with van der Waals surface area (Å²) in [5.41, 5.74) is 4.52. The molecule has 0 bridgehead atoms. The Balaban J connectivity index is 0.000000249. The summed E-state index contributed by atoms with van der Waals surface area (Å²) >= 11 is 0. The lowest BCUT2D eigenvalue weighted by Gasteiger charge is -2.10. The monoisotopic (exact) mass is 376 g/mol. The maximum atomic E-state index is 2.33. The Morgan fingerprint density at radius 1 is 0.679 bits per heavy atom. The van der Waals surface area contributed by atoms with Crippen LogP contribution in [0.5, 0.6) is 0 Å². The van der Waals surface area contributed by atoms with E-state index in [9.17, 15) is 0 Å². The highest BCUT2D eigenvalue weighted by Crippen LogP contribution is 2.45. The minimum atomic E-state index is 0.677. The van der Waals surface area contributed by atoms with Gasteiger partial charge < -0.3 is 0 Å². The van der Waals surface area contributed by atoms with Crippen molar-refractivity contribution in [1.82, 2.24) is 0 Å². The van der Waals surface area contributed by atoms with Gasteiger partial charge in [-0.15, -0.1) is 0 Å². The molecule has 0 amide bonds. The molecule has 4 rings (SSSR count). The molecule has 0 radical (unpaired) electrons. The van der Waals surface area contributed by atoms with Crippen molar-refractivity contribution in [2.45, 2.75) is 79.6 Å². The second-order valence-corrected chi connectivity index (χ2v) is 7.09. The van der Waals surface area contributed by atoms with Gasteiger partial charge in [-0.25, -0.2) is 0 Å². The fourth-order valence-corrected chi connectivity index (χ4v) is 3.71. The van der Waals surface area contributed by atoms with Crippen LogP contribution >= 0.6 is 0 Å². The smallest absolute Gasteiger partial charge is 0.0114 e. The van der Waals surface area contributed by atoms with Crippen LogP contribution in [-0.2, 0) is 0 Å². The molecule has 0 fully saturated rings. The molecule has 0 saturated carbocycles. The van der Waals surface area contributed by atoms with Gasteiger partial charge in [-0.2, -0.15) is 0 Å². The van der Waals surface area contributed by atoms with E-state index in [1.165, 1.54) is 33.9 Å². The zero-order valence-corrected chi connectivity index (χ0v) is 19.3. The van der Waals surface area contributed by atoms with Crippen LogP contribution in [0.1, 0.15) is 96.3 Å². The van der Waals surface area contributed by atoms with Crippen LogP contribution < -0.4 is 0 Å². The first-order chi connectivity index (χ1) is 13.6. The minimum Gasteiger partial charge on any atom is -0.0683 e. The van der Waals surface area contributed by atoms with Crippen LogP contribution in [0.2, 0.25) is 0 Å². The molecule has 3 unspecified atom stereocenters. The third-order valence-corrected chi connectivity index (χ3v) is 5.68. The summed E-state index contributed by atoms with van der Waals surface area (Å²) in [5, 5.41) is 2.91. The molecule has 0 N–H and O–H groups in total. The minimum absolute atomic E-state index is 0.677. The quantitative estimate of drug-likeness (QED) is 0.418. The van der Waals surface area contributed by atoms with Crippen LogP contribution in [0.4, 0.5) is 0 Å². The molecule has 0 spiro atoms. The number of hydrogen-bond acceptors (Lipinski definition) is 0. The van der Waals surface area contributed by atoms with E-state index in [2.05, 4.69) is 94.4 Å². The predicted octanol–water partition coefficient (Wildman–Crippen LogP) is 9.31. The molecule has 0 heterocycles. The van der Waals surface area contributed by atoms with Crippen molar-refractivity contribution >= 4 is 10.8 Å². The highest BCUT2D eigenvalue weighted by molar-refractivity contribution is 5.92. The molecule has 3 atom stereocenters. The van der Waals surface area contributed by atoms with Gasteiger partial charge in [0.25, 0.3) is 0 Å². The van der Waals surface area contributed by atoms with Crippen LogP contribution in [0, 0.1) is 0 Å². The normalized spacial score (nSPS) is 17.3. The summed E-state index contributed by atoms with van der Waals surface area (Å²) < 4.78 is 0. The van der Waals surface area contributed by atoms with Crippen LogP contribution in [0.25, 0.3) is 10.8 Å². The van der Waals surface area contributed by atoms with Gasteiger partial charge >= 0.3 is 0 Å². The Labute approximate surface area is 174 Å². The standard InChI is InChI=1S/C14H14.C10H14.2C2H6/c1-9-10(2)13-8-4-6-11-5-3-7-12(9)14(11)13;1-3-9(2)10-7-5-4-6-8-10;2*1-2/h3-10H,1-2H3;4-9H,3H2,1-2H3;2*1-2H3. The van der Waals surface area contributed by atoms with Crippen LogP contribution in [-0.4, -0.2) is 0 Å². The largest absolute Gasteiger partial charge is 0.0683 e. The summed E-state index contributed by atoms with van der Waals surface area (Å²) in [5.74, 6) is 2.06. The van der Waals surface area contributed by atoms with Gasteiger partial charge in [-0.3, -0.25) is 0 Å². The molecular formula is C28H40. The lowest BCUT2D eigenvalue weighted by molar-refractivity contribution is 0.655. The molecule has 0 aromatic heterocycles. The number of rotatable bonds is 2. The second kappa shape index (κ2) is 12.4. The van der Waals surface area contributed by atoms with Gasteiger partial charge in [0.05, 0.1) is 0 Å². The van der Waals surface area contributed by atoms with E-state index < -0.39 is 0 Å². The predicted molar refractivity (Wildman–Crippen MR) is 129 cm³/mol. The average Bonchev–Trinajstić information content (AvgIpc) is 3.04. The summed E-state index contributed by atoms with van der Waals surface area (Å²) in [6.07, 6.45) is 1.23. The van der Waals surface area contributed by atoms with Crippen molar-refractivity contribution in [2.24, 2.45) is 0 Å². The van der Waals surface area contributed by atoms with E-state index in [-0.39, 0.29) is 0 Å². The third-order valence-electron chi connectivity index (χ3n) is 5.68. The van der Waals surface area contributed by atoms with E-state index in [4.69, 9.17) is 0 Å². The van der Waals surface area contributed by atoms with Crippen molar-refractivity contribution in [2.75, 3.05) is 0 Å². The van der Waals surface area contributed by atoms with Crippen molar-refractivity contribution in [3.05, 3.63) is 83.4 Å². The van der Waals surface area contributed by atoms with Crippen LogP contribution in [0.3, 0.4) is 0 Å². The maximum absolute atomic E-state index is 2.33. The molecule has 0 heteroatoms. The van der Waals surface area contributed by atoms with Crippen molar-refractivity contribution < 1.29 is 0 Å². The maximum Gasteiger partial charge on any atom is -0.0114 e. The van der Waals surface area contributed by atoms with Crippen molar-refractivity contribution in [1.29, 1.82) is 0 Å². The third kappa shape index (κ3) is 5.47. The molecule has 0 aliphatic heterocycles. The van der Waals surface area contributed by atoms with Gasteiger partial charge in [-0.1, -0.05) is 122 Å². The van der Waals surface area contributed by atoms with Gasteiger partial charge in [0.2, 0.25) is 0 Å². The molecule has 28 heavy (non-hydrogen) atoms. The fourth-order valence-electron chi connectivity index (χ4n) is 3.71. The van der Waals surface area contributed by atoms with E-state index in [0.29, 0.717) is 17.8 Å².